The largest absolute Gasteiger partial charge is 0.386 e. The Kier molecular flexibility index (Phi) is 2.71. The topological polar surface area (TPSA) is 50.9 Å². The van der Waals surface area contributed by atoms with Crippen LogP contribution >= 0.6 is 0 Å². The molecule has 1 atom stereocenters. The monoisotopic (exact) mass is 183 g/mol. The second-order valence-electron chi connectivity index (χ2n) is 4.24. The van der Waals surface area contributed by atoms with E-state index < -0.39 is 6.10 Å². The normalized spacial score (nSPS) is 14.5. The molecular formula is C9H17N3O. The molecule has 1 rings (SSSR count). The van der Waals surface area contributed by atoms with Crippen LogP contribution in [0.25, 0.3) is 0 Å². The molecule has 0 bridgehead atoms. The molecule has 4 heteroatoms. The highest BCUT2D eigenvalue weighted by Gasteiger charge is 2.26. The van der Waals surface area contributed by atoms with Gasteiger partial charge in [0.1, 0.15) is 6.10 Å². The molecule has 13 heavy (non-hydrogen) atoms. The average Bonchev–Trinajstić information content (AvgIpc) is 2.48. The molecule has 0 aromatic carbocycles. The number of hydrogen-bond acceptors (Lipinski definition) is 3. The van der Waals surface area contributed by atoms with Crippen LogP contribution in [0.5, 0.6) is 0 Å². The SMILES string of the molecule is CCn1nncc1C(O)C(C)(C)C. The molecule has 0 aliphatic rings. The quantitative estimate of drug-likeness (QED) is 0.753. The summed E-state index contributed by atoms with van der Waals surface area (Å²) in [5.41, 5.74) is 0.615. The molecule has 1 N–H and O–H groups in total. The maximum Gasteiger partial charge on any atom is 0.102 e. The lowest BCUT2D eigenvalue weighted by Gasteiger charge is -2.25. The zero-order valence-corrected chi connectivity index (χ0v) is 8.65. The van der Waals surface area contributed by atoms with Crippen LogP contribution in [0, 0.1) is 5.41 Å². The predicted molar refractivity (Wildman–Crippen MR) is 50.1 cm³/mol. The Morgan fingerprint density at radius 1 is 1.54 bits per heavy atom. The molecule has 74 valence electrons. The van der Waals surface area contributed by atoms with Gasteiger partial charge in [0.25, 0.3) is 0 Å². The van der Waals surface area contributed by atoms with Crippen molar-refractivity contribution in [2.75, 3.05) is 0 Å². The van der Waals surface area contributed by atoms with E-state index in [2.05, 4.69) is 10.3 Å². The minimum atomic E-state index is -0.512. The standard InChI is InChI=1S/C9H17N3O/c1-5-12-7(6-10-11-12)8(13)9(2,3)4/h6,8,13H,5H2,1-4H3. The van der Waals surface area contributed by atoms with E-state index in [1.54, 1.807) is 10.9 Å². The number of aromatic nitrogens is 3. The first-order chi connectivity index (χ1) is 5.96. The van der Waals surface area contributed by atoms with E-state index >= 15 is 0 Å². The Morgan fingerprint density at radius 3 is 2.62 bits per heavy atom. The van der Waals surface area contributed by atoms with Crippen molar-refractivity contribution >= 4 is 0 Å². The van der Waals surface area contributed by atoms with Gasteiger partial charge in [0.2, 0.25) is 0 Å². The van der Waals surface area contributed by atoms with Crippen LogP contribution in [0.2, 0.25) is 0 Å². The molecular weight excluding hydrogens is 166 g/mol. The molecule has 1 aromatic heterocycles. The lowest BCUT2D eigenvalue weighted by atomic mass is 9.87. The molecule has 4 nitrogen and oxygen atoms in total. The van der Waals surface area contributed by atoms with Crippen molar-refractivity contribution in [1.29, 1.82) is 0 Å². The smallest absolute Gasteiger partial charge is 0.102 e. The molecule has 0 aliphatic heterocycles. The van der Waals surface area contributed by atoms with Crippen LogP contribution in [0.1, 0.15) is 39.5 Å². The van der Waals surface area contributed by atoms with Crippen molar-refractivity contribution in [2.45, 2.75) is 40.3 Å². The molecule has 0 aliphatic carbocycles. The van der Waals surface area contributed by atoms with Crippen molar-refractivity contribution in [3.63, 3.8) is 0 Å². The van der Waals surface area contributed by atoms with Crippen molar-refractivity contribution < 1.29 is 5.11 Å². The van der Waals surface area contributed by atoms with Crippen molar-refractivity contribution in [2.24, 2.45) is 5.41 Å². The van der Waals surface area contributed by atoms with Gasteiger partial charge in [0, 0.05) is 6.54 Å². The lowest BCUT2D eigenvalue weighted by molar-refractivity contribution is 0.0547. The van der Waals surface area contributed by atoms with E-state index in [-0.39, 0.29) is 5.41 Å². The Morgan fingerprint density at radius 2 is 2.15 bits per heavy atom. The van der Waals surface area contributed by atoms with E-state index in [4.69, 9.17) is 0 Å². The van der Waals surface area contributed by atoms with Gasteiger partial charge in [-0.05, 0) is 12.3 Å². The number of nitrogens with zero attached hydrogens (tertiary/aromatic N) is 3. The first-order valence-electron chi connectivity index (χ1n) is 4.53. The maximum atomic E-state index is 9.96. The summed E-state index contributed by atoms with van der Waals surface area (Å²) in [6.07, 6.45) is 1.11. The van der Waals surface area contributed by atoms with Crippen molar-refractivity contribution in [3.05, 3.63) is 11.9 Å². The third-order valence-electron chi connectivity index (χ3n) is 2.05. The molecule has 0 radical (unpaired) electrons. The van der Waals surface area contributed by atoms with Gasteiger partial charge in [-0.3, -0.25) is 0 Å². The molecule has 0 saturated carbocycles. The highest BCUT2D eigenvalue weighted by atomic mass is 16.3. The van der Waals surface area contributed by atoms with Gasteiger partial charge < -0.3 is 5.11 Å². The fourth-order valence-electron chi connectivity index (χ4n) is 1.17. The minimum absolute atomic E-state index is 0.172. The van der Waals surface area contributed by atoms with Gasteiger partial charge in [-0.15, -0.1) is 5.10 Å². The van der Waals surface area contributed by atoms with Crippen molar-refractivity contribution in [3.8, 4) is 0 Å². The number of rotatable bonds is 2. The average molecular weight is 183 g/mol. The fraction of sp³-hybridized carbons (Fsp3) is 0.778. The highest BCUT2D eigenvalue weighted by molar-refractivity contribution is 5.02. The Hall–Kier alpha value is -0.900. The van der Waals surface area contributed by atoms with Crippen LogP contribution in [0.15, 0.2) is 6.20 Å². The van der Waals surface area contributed by atoms with Crippen LogP contribution < -0.4 is 0 Å². The summed E-state index contributed by atoms with van der Waals surface area (Å²) in [6.45, 7) is 8.69. The number of aliphatic hydroxyl groups excluding tert-OH is 1. The van der Waals surface area contributed by atoms with E-state index in [0.717, 1.165) is 12.2 Å². The van der Waals surface area contributed by atoms with Gasteiger partial charge in [-0.1, -0.05) is 26.0 Å². The highest BCUT2D eigenvalue weighted by Crippen LogP contribution is 2.31. The summed E-state index contributed by atoms with van der Waals surface area (Å²) in [6, 6.07) is 0. The first-order valence-corrected chi connectivity index (χ1v) is 4.53. The molecule has 0 saturated heterocycles. The number of aliphatic hydroxyl groups is 1. The Balaban J connectivity index is 2.94. The number of hydrogen-bond donors (Lipinski definition) is 1. The van der Waals surface area contributed by atoms with E-state index in [1.165, 1.54) is 0 Å². The molecule has 0 spiro atoms. The third-order valence-corrected chi connectivity index (χ3v) is 2.05. The molecule has 1 unspecified atom stereocenters. The van der Waals surface area contributed by atoms with Crippen LogP contribution in [0.3, 0.4) is 0 Å². The summed E-state index contributed by atoms with van der Waals surface area (Å²) in [7, 11) is 0. The van der Waals surface area contributed by atoms with E-state index in [9.17, 15) is 5.11 Å². The van der Waals surface area contributed by atoms with E-state index in [0.29, 0.717) is 0 Å². The summed E-state index contributed by atoms with van der Waals surface area (Å²) < 4.78 is 1.72. The van der Waals surface area contributed by atoms with Gasteiger partial charge in [-0.25, -0.2) is 4.68 Å². The van der Waals surface area contributed by atoms with Gasteiger partial charge in [-0.2, -0.15) is 0 Å². The van der Waals surface area contributed by atoms with Gasteiger partial charge in [0.05, 0.1) is 11.9 Å². The molecule has 0 fully saturated rings. The van der Waals surface area contributed by atoms with Gasteiger partial charge >= 0.3 is 0 Å². The van der Waals surface area contributed by atoms with E-state index in [1.807, 2.05) is 27.7 Å². The molecule has 0 amide bonds. The Bertz CT molecular complexity index is 275. The summed E-state index contributed by atoms with van der Waals surface area (Å²) >= 11 is 0. The zero-order chi connectivity index (χ0) is 10.1. The van der Waals surface area contributed by atoms with Crippen LogP contribution in [0.4, 0.5) is 0 Å². The summed E-state index contributed by atoms with van der Waals surface area (Å²) in [4.78, 5) is 0. The van der Waals surface area contributed by atoms with Gasteiger partial charge in [0.15, 0.2) is 0 Å². The fourth-order valence-corrected chi connectivity index (χ4v) is 1.17. The minimum Gasteiger partial charge on any atom is -0.386 e. The maximum absolute atomic E-state index is 9.96. The zero-order valence-electron chi connectivity index (χ0n) is 8.65. The Labute approximate surface area is 78.6 Å². The lowest BCUT2D eigenvalue weighted by Crippen LogP contribution is -2.21. The third kappa shape index (κ3) is 2.06. The summed E-state index contributed by atoms with van der Waals surface area (Å²) in [5.74, 6) is 0. The number of aryl methyl sites for hydroxylation is 1. The second-order valence-corrected chi connectivity index (χ2v) is 4.24. The van der Waals surface area contributed by atoms with Crippen LogP contribution in [-0.4, -0.2) is 20.1 Å². The predicted octanol–water partition coefficient (Wildman–Crippen LogP) is 1.38. The van der Waals surface area contributed by atoms with Crippen molar-refractivity contribution in [1.82, 2.24) is 15.0 Å². The second kappa shape index (κ2) is 3.46. The first kappa shape index (κ1) is 10.2. The van der Waals surface area contributed by atoms with Crippen LogP contribution in [-0.2, 0) is 6.54 Å². The molecule has 1 aromatic rings. The summed E-state index contributed by atoms with van der Waals surface area (Å²) in [5, 5.41) is 17.6. The molecule has 1 heterocycles.